The molecule has 3 rings (SSSR count). The smallest absolute Gasteiger partial charge is 0.256 e. The number of aromatic amines is 1. The van der Waals surface area contributed by atoms with E-state index in [1.807, 2.05) is 61.5 Å². The normalized spacial score (nSPS) is 10.9. The lowest BCUT2D eigenvalue weighted by Crippen LogP contribution is -2.22. The first-order valence-electron chi connectivity index (χ1n) is 7.24. The minimum Gasteiger partial charge on any atom is -0.321 e. The molecule has 23 heavy (non-hydrogen) atoms. The Morgan fingerprint density at radius 3 is 2.43 bits per heavy atom. The number of halogens is 1. The first-order chi connectivity index (χ1) is 10.5. The average molecular weight is 331 g/mol. The van der Waals surface area contributed by atoms with Crippen LogP contribution in [-0.4, -0.2) is 36.3 Å². The molecule has 1 heterocycles. The molecule has 0 amide bonds. The van der Waals surface area contributed by atoms with Gasteiger partial charge in [-0.1, -0.05) is 24.3 Å². The maximum absolute atomic E-state index is 12.1. The lowest BCUT2D eigenvalue weighted by Gasteiger charge is -2.09. The maximum Gasteiger partial charge on any atom is 0.256 e. The van der Waals surface area contributed by atoms with E-state index in [1.165, 1.54) is 0 Å². The third-order valence-corrected chi connectivity index (χ3v) is 3.69. The summed E-state index contributed by atoms with van der Waals surface area (Å²) < 4.78 is 0. The fourth-order valence-corrected chi connectivity index (χ4v) is 2.78. The van der Waals surface area contributed by atoms with E-state index in [1.54, 1.807) is 0 Å². The summed E-state index contributed by atoms with van der Waals surface area (Å²) in [5.41, 5.74) is 1.68. The number of aromatic nitrogens is 1. The Balaban J connectivity index is 0.00000192. The number of carbonyl (C=O) groups is 1. The molecule has 0 atom stereocenters. The van der Waals surface area contributed by atoms with Gasteiger partial charge in [0.15, 0.2) is 5.78 Å². The van der Waals surface area contributed by atoms with E-state index < -0.39 is 0 Å². The Kier molecular flexibility index (Phi) is 5.19. The molecule has 0 saturated heterocycles. The number of nitrogens with one attached hydrogen (secondary N) is 1. The Morgan fingerprint density at radius 2 is 1.74 bits per heavy atom. The van der Waals surface area contributed by atoms with Crippen molar-refractivity contribution < 1.29 is 4.79 Å². The number of ketones is 1. The number of hydrogen-bond donors (Lipinski definition) is 1. The van der Waals surface area contributed by atoms with Gasteiger partial charge in [-0.25, -0.2) is 0 Å². The lowest BCUT2D eigenvalue weighted by molar-refractivity contribution is -0.119. The third kappa shape index (κ3) is 3.60. The predicted molar refractivity (Wildman–Crippen MR) is 96.6 cm³/mol. The minimum atomic E-state index is -0.0838. The van der Waals surface area contributed by atoms with Gasteiger partial charge in [0.2, 0.25) is 0 Å². The molecular weight excluding hydrogens is 312 g/mol. The van der Waals surface area contributed by atoms with Crippen LogP contribution in [0, 0.1) is 0 Å². The van der Waals surface area contributed by atoms with Gasteiger partial charge in [-0.3, -0.25) is 9.59 Å². The van der Waals surface area contributed by atoms with Crippen LogP contribution in [0.2, 0.25) is 0 Å². The van der Waals surface area contributed by atoms with Crippen LogP contribution in [0.5, 0.6) is 0 Å². The van der Waals surface area contributed by atoms with E-state index in [2.05, 4.69) is 4.98 Å². The van der Waals surface area contributed by atoms with Gasteiger partial charge < -0.3 is 9.88 Å². The van der Waals surface area contributed by atoms with Crippen LogP contribution in [0.15, 0.2) is 47.3 Å². The van der Waals surface area contributed by atoms with Crippen molar-refractivity contribution in [2.75, 3.05) is 20.6 Å². The standard InChI is InChI=1S/C18H18N2O2.ClH/c1-20(2)11-13(21)9-12-7-8-17-16(10-12)14-5-3-4-6-15(14)18(22)19-17;/h3-8,10H,9,11H2,1-2H3,(H,19,22);1H. The number of nitrogens with zero attached hydrogens (tertiary/aromatic N) is 1. The number of H-pyrrole nitrogens is 1. The van der Waals surface area contributed by atoms with Crippen LogP contribution >= 0.6 is 12.4 Å². The highest BCUT2D eigenvalue weighted by molar-refractivity contribution is 6.05. The topological polar surface area (TPSA) is 53.2 Å². The van der Waals surface area contributed by atoms with E-state index in [0.29, 0.717) is 18.4 Å². The molecule has 1 N–H and O–H groups in total. The molecule has 0 bridgehead atoms. The molecule has 0 unspecified atom stereocenters. The van der Waals surface area contributed by atoms with Gasteiger partial charge in [-0.05, 0) is 43.2 Å². The number of likely N-dealkylation sites (N-methyl/N-ethyl adjacent to an activating group) is 1. The zero-order valence-electron chi connectivity index (χ0n) is 13.1. The number of benzene rings is 2. The van der Waals surface area contributed by atoms with Crippen LogP contribution in [0.4, 0.5) is 0 Å². The Hall–Kier alpha value is -2.17. The zero-order valence-corrected chi connectivity index (χ0v) is 13.9. The van der Waals surface area contributed by atoms with Crippen molar-refractivity contribution in [1.82, 2.24) is 9.88 Å². The van der Waals surface area contributed by atoms with Gasteiger partial charge in [-0.2, -0.15) is 0 Å². The highest BCUT2D eigenvalue weighted by Crippen LogP contribution is 2.22. The van der Waals surface area contributed by atoms with Gasteiger partial charge in [-0.15, -0.1) is 12.4 Å². The van der Waals surface area contributed by atoms with Crippen molar-refractivity contribution in [3.63, 3.8) is 0 Å². The van der Waals surface area contributed by atoms with Gasteiger partial charge in [0.05, 0.1) is 6.54 Å². The van der Waals surface area contributed by atoms with Gasteiger partial charge in [0, 0.05) is 22.7 Å². The second-order valence-electron chi connectivity index (χ2n) is 5.83. The van der Waals surface area contributed by atoms with Crippen molar-refractivity contribution >= 4 is 39.9 Å². The molecule has 0 aliphatic heterocycles. The first kappa shape index (κ1) is 17.2. The Morgan fingerprint density at radius 1 is 1.04 bits per heavy atom. The molecule has 5 heteroatoms. The summed E-state index contributed by atoms with van der Waals surface area (Å²) in [5.74, 6) is 0.179. The van der Waals surface area contributed by atoms with E-state index in [-0.39, 0.29) is 23.7 Å². The maximum atomic E-state index is 12.1. The molecule has 0 saturated carbocycles. The zero-order chi connectivity index (χ0) is 15.7. The largest absolute Gasteiger partial charge is 0.321 e. The number of fused-ring (bicyclic) bond motifs is 3. The number of pyridine rings is 1. The number of Topliss-reactive ketones (excluding diaryl/α,β-unsaturated/α-hetero) is 1. The fourth-order valence-electron chi connectivity index (χ4n) is 2.78. The van der Waals surface area contributed by atoms with Gasteiger partial charge in [0.1, 0.15) is 0 Å². The number of hydrogen-bond acceptors (Lipinski definition) is 3. The van der Waals surface area contributed by atoms with Gasteiger partial charge in [0.25, 0.3) is 5.56 Å². The van der Waals surface area contributed by atoms with Crippen molar-refractivity contribution in [3.05, 3.63) is 58.4 Å². The predicted octanol–water partition coefficient (Wildman–Crippen LogP) is 2.78. The SMILES string of the molecule is CN(C)CC(=O)Cc1ccc2[nH]c(=O)c3ccccc3c2c1.Cl. The van der Waals surface area contributed by atoms with E-state index in [0.717, 1.165) is 21.9 Å². The molecule has 4 nitrogen and oxygen atoms in total. The molecule has 3 aromatic rings. The fraction of sp³-hybridized carbons (Fsp3) is 0.222. The third-order valence-electron chi connectivity index (χ3n) is 3.69. The lowest BCUT2D eigenvalue weighted by atomic mass is 10.0. The van der Waals surface area contributed by atoms with E-state index >= 15 is 0 Å². The summed E-state index contributed by atoms with van der Waals surface area (Å²) in [6, 6.07) is 13.3. The summed E-state index contributed by atoms with van der Waals surface area (Å²) >= 11 is 0. The summed E-state index contributed by atoms with van der Waals surface area (Å²) in [6.45, 7) is 0.435. The van der Waals surface area contributed by atoms with Crippen LogP contribution in [0.3, 0.4) is 0 Å². The second kappa shape index (κ2) is 6.94. The molecule has 0 spiro atoms. The van der Waals surface area contributed by atoms with Crippen LogP contribution in [0.1, 0.15) is 5.56 Å². The van der Waals surface area contributed by atoms with Crippen molar-refractivity contribution in [3.8, 4) is 0 Å². The quantitative estimate of drug-likeness (QED) is 0.748. The molecule has 2 aromatic carbocycles. The highest BCUT2D eigenvalue weighted by Gasteiger charge is 2.08. The minimum absolute atomic E-state index is 0. The molecule has 1 aromatic heterocycles. The Bertz CT molecular complexity index is 916. The molecule has 0 fully saturated rings. The summed E-state index contributed by atoms with van der Waals surface area (Å²) in [6.07, 6.45) is 0.404. The van der Waals surface area contributed by atoms with Crippen LogP contribution < -0.4 is 5.56 Å². The first-order valence-corrected chi connectivity index (χ1v) is 7.24. The second-order valence-corrected chi connectivity index (χ2v) is 5.83. The van der Waals surface area contributed by atoms with Gasteiger partial charge >= 0.3 is 0 Å². The molecule has 120 valence electrons. The van der Waals surface area contributed by atoms with Crippen molar-refractivity contribution in [1.29, 1.82) is 0 Å². The van der Waals surface area contributed by atoms with Crippen molar-refractivity contribution in [2.45, 2.75) is 6.42 Å². The van der Waals surface area contributed by atoms with Crippen LogP contribution in [0.25, 0.3) is 21.7 Å². The molecular formula is C18H19ClN2O2. The number of rotatable bonds is 4. The van der Waals surface area contributed by atoms with Crippen molar-refractivity contribution in [2.24, 2.45) is 0 Å². The summed E-state index contributed by atoms with van der Waals surface area (Å²) in [7, 11) is 3.77. The summed E-state index contributed by atoms with van der Waals surface area (Å²) in [4.78, 5) is 28.8. The monoisotopic (exact) mass is 330 g/mol. The molecule has 0 aliphatic carbocycles. The summed E-state index contributed by atoms with van der Waals surface area (Å²) in [5, 5.41) is 2.57. The Labute approximate surface area is 140 Å². The number of carbonyl (C=O) groups excluding carboxylic acids is 1. The van der Waals surface area contributed by atoms with E-state index in [9.17, 15) is 9.59 Å². The highest BCUT2D eigenvalue weighted by atomic mass is 35.5. The molecule has 0 aliphatic rings. The molecule has 0 radical (unpaired) electrons. The average Bonchev–Trinajstić information content (AvgIpc) is 2.47. The van der Waals surface area contributed by atoms with E-state index in [4.69, 9.17) is 0 Å². The van der Waals surface area contributed by atoms with Crippen LogP contribution in [-0.2, 0) is 11.2 Å².